The Morgan fingerprint density at radius 2 is 2.09 bits per heavy atom. The minimum atomic E-state index is -0.320. The number of esters is 1. The number of thiophene rings is 1. The molecule has 0 atom stereocenters. The normalized spacial score (nSPS) is 16.2. The Morgan fingerprint density at radius 1 is 1.43 bits per heavy atom. The number of rotatable bonds is 4. The molecule has 0 amide bonds. The van der Waals surface area contributed by atoms with Crippen molar-refractivity contribution in [2.45, 2.75) is 20.3 Å². The average molecular weight is 358 g/mol. The molecule has 2 rings (SSSR count). The van der Waals surface area contributed by atoms with Crippen LogP contribution in [0.1, 0.15) is 27.7 Å². The minimum absolute atomic E-state index is 0.320. The lowest BCUT2D eigenvalue weighted by Crippen LogP contribution is -3.12. The second kappa shape index (κ2) is 8.05. The van der Waals surface area contributed by atoms with E-state index in [1.54, 1.807) is 0 Å². The number of carbonyl (C=O) groups is 1. The predicted octanol–water partition coefficient (Wildman–Crippen LogP) is 0.437. The molecule has 8 heteroatoms. The molecule has 3 N–H and O–H groups in total. The number of likely N-dealkylation sites (N-methyl/N-ethyl adjacent to an activating group) is 1. The Hall–Kier alpha value is -1.22. The Labute approximate surface area is 146 Å². The van der Waals surface area contributed by atoms with Crippen molar-refractivity contribution in [1.82, 2.24) is 10.4 Å². The number of carbonyl (C=O) groups excluding carboxylic acids is 1. The molecule has 1 aromatic heterocycles. The zero-order chi connectivity index (χ0) is 17.0. The number of piperazine rings is 1. The van der Waals surface area contributed by atoms with Crippen LogP contribution in [0, 0.1) is 6.92 Å². The van der Waals surface area contributed by atoms with Gasteiger partial charge in [0.15, 0.2) is 5.11 Å². The van der Waals surface area contributed by atoms with Gasteiger partial charge < -0.3 is 15.0 Å². The summed E-state index contributed by atoms with van der Waals surface area (Å²) in [5, 5.41) is 6.55. The second-order valence-corrected chi connectivity index (χ2v) is 7.33. The smallest absolute Gasteiger partial charge is 0.341 e. The van der Waals surface area contributed by atoms with Crippen LogP contribution < -0.4 is 15.6 Å². The Balaban J connectivity index is 2.07. The number of nitrogens with one attached hydrogen (secondary N) is 3. The second-order valence-electron chi connectivity index (χ2n) is 5.70. The third-order valence-corrected chi connectivity index (χ3v) is 5.31. The van der Waals surface area contributed by atoms with Gasteiger partial charge in [-0.15, -0.1) is 11.3 Å². The zero-order valence-electron chi connectivity index (χ0n) is 14.1. The molecule has 23 heavy (non-hydrogen) atoms. The van der Waals surface area contributed by atoms with Gasteiger partial charge in [-0.3, -0.25) is 5.43 Å². The van der Waals surface area contributed by atoms with E-state index in [0.29, 0.717) is 10.7 Å². The van der Waals surface area contributed by atoms with Crippen molar-refractivity contribution in [1.29, 1.82) is 0 Å². The van der Waals surface area contributed by atoms with Crippen LogP contribution in [0.3, 0.4) is 0 Å². The molecule has 0 aromatic carbocycles. The Kier molecular flexibility index (Phi) is 6.34. The number of methoxy groups -OCH3 is 1. The molecule has 1 fully saturated rings. The number of hydrazine groups is 1. The SMILES string of the molecule is CCc1c(C)sc(NC(=S)NN2CC[NH+](C)CC2)c1C(=O)OC. The summed E-state index contributed by atoms with van der Waals surface area (Å²) in [7, 11) is 3.60. The van der Waals surface area contributed by atoms with Crippen LogP contribution in [0.25, 0.3) is 0 Å². The van der Waals surface area contributed by atoms with E-state index in [4.69, 9.17) is 17.0 Å². The molecule has 6 nitrogen and oxygen atoms in total. The van der Waals surface area contributed by atoms with E-state index < -0.39 is 0 Å². The number of hydrogen-bond acceptors (Lipinski definition) is 5. The highest BCUT2D eigenvalue weighted by molar-refractivity contribution is 7.80. The fraction of sp³-hybridized carbons (Fsp3) is 0.600. The van der Waals surface area contributed by atoms with Crippen molar-refractivity contribution in [2.24, 2.45) is 0 Å². The fourth-order valence-corrected chi connectivity index (χ4v) is 4.12. The summed E-state index contributed by atoms with van der Waals surface area (Å²) in [5.41, 5.74) is 4.84. The number of hydrogen-bond donors (Lipinski definition) is 3. The number of aryl methyl sites for hydroxylation is 1. The first-order chi connectivity index (χ1) is 11.0. The van der Waals surface area contributed by atoms with Gasteiger partial charge >= 0.3 is 5.97 Å². The Morgan fingerprint density at radius 3 is 2.65 bits per heavy atom. The molecule has 2 heterocycles. The molecule has 1 aliphatic rings. The topological polar surface area (TPSA) is 58.0 Å². The lowest BCUT2D eigenvalue weighted by Gasteiger charge is -2.30. The van der Waals surface area contributed by atoms with Gasteiger partial charge in [0.25, 0.3) is 0 Å². The number of ether oxygens (including phenoxy) is 1. The summed E-state index contributed by atoms with van der Waals surface area (Å²) >= 11 is 6.94. The average Bonchev–Trinajstić information content (AvgIpc) is 2.83. The molecule has 128 valence electrons. The number of anilines is 1. The first-order valence-corrected chi connectivity index (χ1v) is 9.03. The lowest BCUT2D eigenvalue weighted by atomic mass is 10.1. The molecule has 0 unspecified atom stereocenters. The van der Waals surface area contributed by atoms with E-state index in [0.717, 1.165) is 48.0 Å². The highest BCUT2D eigenvalue weighted by atomic mass is 32.1. The van der Waals surface area contributed by atoms with Crippen molar-refractivity contribution >= 4 is 39.6 Å². The molecular formula is C15H25N4O2S2+. The minimum Gasteiger partial charge on any atom is -0.465 e. The molecule has 0 saturated carbocycles. The van der Waals surface area contributed by atoms with Crippen molar-refractivity contribution in [3.05, 3.63) is 16.0 Å². The van der Waals surface area contributed by atoms with Gasteiger partial charge in [-0.1, -0.05) is 6.92 Å². The molecule has 1 aliphatic heterocycles. The summed E-state index contributed by atoms with van der Waals surface area (Å²) in [6, 6.07) is 0. The molecule has 0 bridgehead atoms. The summed E-state index contributed by atoms with van der Waals surface area (Å²) in [4.78, 5) is 14.7. The van der Waals surface area contributed by atoms with Crippen molar-refractivity contribution in [2.75, 3.05) is 45.7 Å². The molecule has 0 spiro atoms. The van der Waals surface area contributed by atoms with Crippen LogP contribution in [-0.4, -0.2) is 56.4 Å². The van der Waals surface area contributed by atoms with Gasteiger partial charge in [0, 0.05) is 4.88 Å². The zero-order valence-corrected chi connectivity index (χ0v) is 15.7. The van der Waals surface area contributed by atoms with Crippen molar-refractivity contribution < 1.29 is 14.4 Å². The maximum atomic E-state index is 12.1. The van der Waals surface area contributed by atoms with E-state index in [1.807, 2.05) is 13.8 Å². The van der Waals surface area contributed by atoms with Crippen LogP contribution in [0.5, 0.6) is 0 Å². The van der Waals surface area contributed by atoms with Gasteiger partial charge in [-0.25, -0.2) is 9.80 Å². The predicted molar refractivity (Wildman–Crippen MR) is 97.3 cm³/mol. The quantitative estimate of drug-likeness (QED) is 0.537. The monoisotopic (exact) mass is 357 g/mol. The summed E-state index contributed by atoms with van der Waals surface area (Å²) in [5.74, 6) is -0.320. The van der Waals surface area contributed by atoms with E-state index >= 15 is 0 Å². The summed E-state index contributed by atoms with van der Waals surface area (Å²) in [6.45, 7) is 8.11. The molecule has 1 aromatic rings. The molecule has 0 radical (unpaired) electrons. The third kappa shape index (κ3) is 4.41. The van der Waals surface area contributed by atoms with Gasteiger partial charge in [-0.05, 0) is 31.1 Å². The van der Waals surface area contributed by atoms with Crippen LogP contribution in [0.2, 0.25) is 0 Å². The van der Waals surface area contributed by atoms with Crippen LogP contribution in [-0.2, 0) is 11.2 Å². The Bertz CT molecular complexity index is 580. The first-order valence-electron chi connectivity index (χ1n) is 7.80. The van der Waals surface area contributed by atoms with Gasteiger partial charge in [0.2, 0.25) is 0 Å². The maximum Gasteiger partial charge on any atom is 0.341 e. The number of quaternary nitrogens is 1. The van der Waals surface area contributed by atoms with Crippen LogP contribution >= 0.6 is 23.6 Å². The largest absolute Gasteiger partial charge is 0.465 e. The molecule has 0 aliphatic carbocycles. The first kappa shape index (κ1) is 18.1. The third-order valence-electron chi connectivity index (χ3n) is 4.06. The van der Waals surface area contributed by atoms with E-state index in [2.05, 4.69) is 22.8 Å². The standard InChI is InChI=1S/C15H24N4O2S2/c1-5-11-10(2)23-13(12(11)14(20)21-4)16-15(22)17-19-8-6-18(3)7-9-19/h5-9H2,1-4H3,(H2,16,17,22)/p+1. The molecular weight excluding hydrogens is 332 g/mol. The number of thiocarbonyl (C=S) groups is 1. The van der Waals surface area contributed by atoms with Gasteiger partial charge in [0.05, 0.1) is 45.9 Å². The van der Waals surface area contributed by atoms with E-state index in [9.17, 15) is 4.79 Å². The number of nitrogens with zero attached hydrogens (tertiary/aromatic N) is 1. The van der Waals surface area contributed by atoms with E-state index in [1.165, 1.54) is 23.3 Å². The summed E-state index contributed by atoms with van der Waals surface area (Å²) < 4.78 is 4.93. The maximum absolute atomic E-state index is 12.1. The molecule has 1 saturated heterocycles. The summed E-state index contributed by atoms with van der Waals surface area (Å²) in [6.07, 6.45) is 0.788. The van der Waals surface area contributed by atoms with Crippen LogP contribution in [0.15, 0.2) is 0 Å². The fourth-order valence-electron chi connectivity index (χ4n) is 2.69. The van der Waals surface area contributed by atoms with E-state index in [-0.39, 0.29) is 5.97 Å². The van der Waals surface area contributed by atoms with Gasteiger partial charge in [0.1, 0.15) is 5.00 Å². The highest BCUT2D eigenvalue weighted by Gasteiger charge is 2.23. The van der Waals surface area contributed by atoms with Crippen LogP contribution in [0.4, 0.5) is 5.00 Å². The van der Waals surface area contributed by atoms with Crippen molar-refractivity contribution in [3.8, 4) is 0 Å². The lowest BCUT2D eigenvalue weighted by molar-refractivity contribution is -0.884. The highest BCUT2D eigenvalue weighted by Crippen LogP contribution is 2.33. The van der Waals surface area contributed by atoms with Gasteiger partial charge in [-0.2, -0.15) is 0 Å². The van der Waals surface area contributed by atoms with Crippen molar-refractivity contribution in [3.63, 3.8) is 0 Å².